The highest BCUT2D eigenvalue weighted by atomic mass is 79.9. The number of nitrogens with zero attached hydrogens (tertiary/aromatic N) is 2. The summed E-state index contributed by atoms with van der Waals surface area (Å²) in [6, 6.07) is 0. The Morgan fingerprint density at radius 2 is 2.50 bits per heavy atom. The van der Waals surface area contributed by atoms with Crippen LogP contribution < -0.4 is 5.32 Å². The maximum Gasteiger partial charge on any atom is 0.0632 e. The molecule has 1 fully saturated rings. The zero-order chi connectivity index (χ0) is 8.39. The molecular formula is C8H12BrN3. The Kier molecular flexibility index (Phi) is 2.46. The van der Waals surface area contributed by atoms with Gasteiger partial charge in [0.15, 0.2) is 0 Å². The molecule has 0 amide bonds. The molecular weight excluding hydrogens is 218 g/mol. The first-order chi connectivity index (χ1) is 5.84. The fraction of sp³-hybridized carbons (Fsp3) is 0.625. The number of hydrogen-bond acceptors (Lipinski definition) is 2. The van der Waals surface area contributed by atoms with Crippen LogP contribution >= 0.6 is 15.9 Å². The van der Waals surface area contributed by atoms with E-state index in [4.69, 9.17) is 0 Å². The fourth-order valence-corrected chi connectivity index (χ4v) is 1.66. The van der Waals surface area contributed by atoms with E-state index in [9.17, 15) is 0 Å². The Balaban J connectivity index is 1.79. The van der Waals surface area contributed by atoms with Gasteiger partial charge in [-0.15, -0.1) is 0 Å². The maximum atomic E-state index is 4.20. The third-order valence-corrected chi connectivity index (χ3v) is 2.64. The lowest BCUT2D eigenvalue weighted by atomic mass is 10.00. The van der Waals surface area contributed by atoms with Gasteiger partial charge in [-0.1, -0.05) is 0 Å². The number of nitrogens with one attached hydrogen (secondary N) is 1. The lowest BCUT2D eigenvalue weighted by molar-refractivity contribution is 0.307. The molecule has 1 aliphatic rings. The summed E-state index contributed by atoms with van der Waals surface area (Å²) in [4.78, 5) is 0. The van der Waals surface area contributed by atoms with Gasteiger partial charge < -0.3 is 5.32 Å². The molecule has 1 aliphatic heterocycles. The summed E-state index contributed by atoms with van der Waals surface area (Å²) >= 11 is 3.37. The van der Waals surface area contributed by atoms with Crippen molar-refractivity contribution in [2.24, 2.45) is 5.92 Å². The van der Waals surface area contributed by atoms with Crippen LogP contribution in [0, 0.1) is 5.92 Å². The van der Waals surface area contributed by atoms with Gasteiger partial charge in [0.1, 0.15) is 0 Å². The van der Waals surface area contributed by atoms with Crippen LogP contribution in [0.2, 0.25) is 0 Å². The number of rotatable bonds is 3. The van der Waals surface area contributed by atoms with Crippen molar-refractivity contribution >= 4 is 15.9 Å². The predicted molar refractivity (Wildman–Crippen MR) is 50.9 cm³/mol. The summed E-state index contributed by atoms with van der Waals surface area (Å²) in [6.07, 6.45) is 5.09. The molecule has 0 aliphatic carbocycles. The molecule has 2 rings (SSSR count). The highest BCUT2D eigenvalue weighted by molar-refractivity contribution is 9.10. The molecule has 0 bridgehead atoms. The molecule has 0 unspecified atom stereocenters. The van der Waals surface area contributed by atoms with Crippen LogP contribution in [0.4, 0.5) is 0 Å². The second-order valence-corrected chi connectivity index (χ2v) is 4.15. The molecule has 1 N–H and O–H groups in total. The fourth-order valence-electron chi connectivity index (χ4n) is 1.33. The minimum absolute atomic E-state index is 0.868. The molecule has 3 nitrogen and oxygen atoms in total. The molecule has 2 heterocycles. The molecule has 0 spiro atoms. The Morgan fingerprint density at radius 1 is 1.67 bits per heavy atom. The summed E-state index contributed by atoms with van der Waals surface area (Å²) in [5.74, 6) is 0.868. The minimum Gasteiger partial charge on any atom is -0.316 e. The first kappa shape index (κ1) is 8.26. The van der Waals surface area contributed by atoms with Gasteiger partial charge in [0.25, 0.3) is 0 Å². The highest BCUT2D eigenvalue weighted by Crippen LogP contribution is 2.11. The molecule has 1 saturated heterocycles. The van der Waals surface area contributed by atoms with Crippen molar-refractivity contribution in [3.63, 3.8) is 0 Å². The van der Waals surface area contributed by atoms with Crippen molar-refractivity contribution in [1.82, 2.24) is 15.1 Å². The summed E-state index contributed by atoms with van der Waals surface area (Å²) in [7, 11) is 0. The molecule has 0 radical (unpaired) electrons. The van der Waals surface area contributed by atoms with E-state index in [1.807, 2.05) is 17.1 Å². The Hall–Kier alpha value is -0.350. The average molecular weight is 230 g/mol. The second kappa shape index (κ2) is 3.58. The van der Waals surface area contributed by atoms with E-state index in [0.717, 1.165) is 16.9 Å². The topological polar surface area (TPSA) is 29.9 Å². The van der Waals surface area contributed by atoms with Crippen molar-refractivity contribution in [2.45, 2.75) is 13.0 Å². The average Bonchev–Trinajstić information content (AvgIpc) is 2.32. The summed E-state index contributed by atoms with van der Waals surface area (Å²) in [6.45, 7) is 3.41. The largest absolute Gasteiger partial charge is 0.316 e. The lowest BCUT2D eigenvalue weighted by Crippen LogP contribution is -2.42. The Morgan fingerprint density at radius 3 is 3.00 bits per heavy atom. The molecule has 0 atom stereocenters. The third kappa shape index (κ3) is 1.87. The van der Waals surface area contributed by atoms with E-state index in [1.165, 1.54) is 19.5 Å². The van der Waals surface area contributed by atoms with Crippen LogP contribution in [0.15, 0.2) is 16.9 Å². The quantitative estimate of drug-likeness (QED) is 0.846. The molecule has 0 aromatic carbocycles. The smallest absolute Gasteiger partial charge is 0.0632 e. The van der Waals surface area contributed by atoms with Gasteiger partial charge in [-0.3, -0.25) is 4.68 Å². The SMILES string of the molecule is Brc1cnn(CCC2CNC2)c1. The number of aromatic nitrogens is 2. The molecule has 1 aromatic rings. The standard InChI is InChI=1S/C8H12BrN3/c9-8-5-11-12(6-8)2-1-7-3-10-4-7/h5-7,10H,1-4H2. The number of halogens is 1. The molecule has 0 saturated carbocycles. The van der Waals surface area contributed by atoms with E-state index >= 15 is 0 Å². The first-order valence-electron chi connectivity index (χ1n) is 4.23. The van der Waals surface area contributed by atoms with E-state index < -0.39 is 0 Å². The van der Waals surface area contributed by atoms with Crippen molar-refractivity contribution in [2.75, 3.05) is 13.1 Å². The van der Waals surface area contributed by atoms with Gasteiger partial charge in [-0.25, -0.2) is 0 Å². The van der Waals surface area contributed by atoms with Gasteiger partial charge in [0.2, 0.25) is 0 Å². The maximum absolute atomic E-state index is 4.20. The van der Waals surface area contributed by atoms with Crippen molar-refractivity contribution in [3.8, 4) is 0 Å². The van der Waals surface area contributed by atoms with Crippen molar-refractivity contribution in [1.29, 1.82) is 0 Å². The summed E-state index contributed by atoms with van der Waals surface area (Å²) in [5.41, 5.74) is 0. The first-order valence-corrected chi connectivity index (χ1v) is 5.02. The highest BCUT2D eigenvalue weighted by Gasteiger charge is 2.15. The molecule has 4 heteroatoms. The van der Waals surface area contributed by atoms with Gasteiger partial charge in [-0.05, 0) is 41.4 Å². The molecule has 66 valence electrons. The predicted octanol–water partition coefficient (Wildman–Crippen LogP) is 1.26. The van der Waals surface area contributed by atoms with Gasteiger partial charge >= 0.3 is 0 Å². The van der Waals surface area contributed by atoms with Crippen LogP contribution in [0.25, 0.3) is 0 Å². The Bertz CT molecular complexity index is 255. The third-order valence-electron chi connectivity index (χ3n) is 2.23. The second-order valence-electron chi connectivity index (χ2n) is 3.23. The Labute approximate surface area is 80.3 Å². The van der Waals surface area contributed by atoms with E-state index in [2.05, 4.69) is 26.3 Å². The van der Waals surface area contributed by atoms with Gasteiger partial charge in [0.05, 0.1) is 10.7 Å². The normalized spacial score (nSPS) is 17.8. The molecule has 12 heavy (non-hydrogen) atoms. The van der Waals surface area contributed by atoms with Crippen LogP contribution in [0.5, 0.6) is 0 Å². The zero-order valence-electron chi connectivity index (χ0n) is 6.83. The van der Waals surface area contributed by atoms with Crippen molar-refractivity contribution in [3.05, 3.63) is 16.9 Å². The monoisotopic (exact) mass is 229 g/mol. The van der Waals surface area contributed by atoms with Gasteiger partial charge in [0, 0.05) is 12.7 Å². The van der Waals surface area contributed by atoms with E-state index in [1.54, 1.807) is 0 Å². The van der Waals surface area contributed by atoms with E-state index in [-0.39, 0.29) is 0 Å². The zero-order valence-corrected chi connectivity index (χ0v) is 8.42. The lowest BCUT2D eigenvalue weighted by Gasteiger charge is -2.26. The molecule has 1 aromatic heterocycles. The summed E-state index contributed by atoms with van der Waals surface area (Å²) < 4.78 is 3.05. The van der Waals surface area contributed by atoms with Crippen LogP contribution in [0.3, 0.4) is 0 Å². The summed E-state index contributed by atoms with van der Waals surface area (Å²) in [5, 5.41) is 7.46. The number of hydrogen-bond donors (Lipinski definition) is 1. The minimum atomic E-state index is 0.868. The van der Waals surface area contributed by atoms with Crippen LogP contribution in [-0.4, -0.2) is 22.9 Å². The van der Waals surface area contributed by atoms with E-state index in [0.29, 0.717) is 0 Å². The number of aryl methyl sites for hydroxylation is 1. The van der Waals surface area contributed by atoms with Crippen LogP contribution in [-0.2, 0) is 6.54 Å². The van der Waals surface area contributed by atoms with Gasteiger partial charge in [-0.2, -0.15) is 5.10 Å². The van der Waals surface area contributed by atoms with Crippen LogP contribution in [0.1, 0.15) is 6.42 Å². The van der Waals surface area contributed by atoms with Crippen molar-refractivity contribution < 1.29 is 0 Å².